The van der Waals surface area contributed by atoms with Crippen LogP contribution in [0.3, 0.4) is 0 Å². The SMILES string of the molecule is Cc1cc2cc(C(=O)NCc3cc(=O)n4[nH]c(C5CCOCC5)cc4n3)ccc2o1. The lowest BCUT2D eigenvalue weighted by Crippen LogP contribution is -2.25. The Balaban J connectivity index is 1.34. The third-order valence-corrected chi connectivity index (χ3v) is 5.52. The van der Waals surface area contributed by atoms with Crippen molar-refractivity contribution in [2.45, 2.75) is 32.2 Å². The second-order valence-electron chi connectivity index (χ2n) is 7.67. The number of carbonyl (C=O) groups is 1. The first-order valence-electron chi connectivity index (χ1n) is 10.0. The first-order valence-corrected chi connectivity index (χ1v) is 10.0. The van der Waals surface area contributed by atoms with Gasteiger partial charge in [-0.05, 0) is 44.0 Å². The number of aryl methyl sites for hydroxylation is 1. The molecule has 8 heteroatoms. The number of hydrogen-bond acceptors (Lipinski definition) is 5. The molecular formula is C22H22N4O4. The number of H-pyrrole nitrogens is 1. The number of ether oxygens (including phenoxy) is 1. The first kappa shape index (κ1) is 18.6. The van der Waals surface area contributed by atoms with Gasteiger partial charge in [0.2, 0.25) is 0 Å². The normalized spacial score (nSPS) is 15.1. The minimum Gasteiger partial charge on any atom is -0.461 e. The maximum atomic E-state index is 12.6. The molecule has 1 aromatic carbocycles. The van der Waals surface area contributed by atoms with Gasteiger partial charge in [0.1, 0.15) is 11.3 Å². The summed E-state index contributed by atoms with van der Waals surface area (Å²) in [6.45, 7) is 3.49. The van der Waals surface area contributed by atoms with Crippen molar-refractivity contribution in [2.24, 2.45) is 0 Å². The fourth-order valence-electron chi connectivity index (χ4n) is 3.96. The number of hydrogen-bond donors (Lipinski definition) is 2. The Morgan fingerprint density at radius 1 is 1.23 bits per heavy atom. The zero-order valence-electron chi connectivity index (χ0n) is 16.6. The molecule has 4 aromatic rings. The van der Waals surface area contributed by atoms with E-state index in [2.05, 4.69) is 15.4 Å². The average molecular weight is 406 g/mol. The Kier molecular flexibility index (Phi) is 4.63. The molecule has 30 heavy (non-hydrogen) atoms. The van der Waals surface area contributed by atoms with Crippen LogP contribution in [0, 0.1) is 6.92 Å². The van der Waals surface area contributed by atoms with Crippen molar-refractivity contribution in [1.29, 1.82) is 0 Å². The molecule has 1 aliphatic rings. The molecule has 0 unspecified atom stereocenters. The second kappa shape index (κ2) is 7.46. The molecule has 1 aliphatic heterocycles. The monoisotopic (exact) mass is 406 g/mol. The summed E-state index contributed by atoms with van der Waals surface area (Å²) in [7, 11) is 0. The molecule has 1 fully saturated rings. The summed E-state index contributed by atoms with van der Waals surface area (Å²) in [4.78, 5) is 29.6. The zero-order chi connectivity index (χ0) is 20.7. The number of amides is 1. The maximum absolute atomic E-state index is 12.6. The lowest BCUT2D eigenvalue weighted by atomic mass is 9.97. The number of aromatic nitrogens is 3. The van der Waals surface area contributed by atoms with Gasteiger partial charge in [-0.3, -0.25) is 14.7 Å². The van der Waals surface area contributed by atoms with Crippen molar-refractivity contribution in [3.8, 4) is 0 Å². The summed E-state index contributed by atoms with van der Waals surface area (Å²) in [5.74, 6) is 0.909. The third-order valence-electron chi connectivity index (χ3n) is 5.52. The molecule has 0 saturated carbocycles. The largest absolute Gasteiger partial charge is 0.461 e. The second-order valence-corrected chi connectivity index (χ2v) is 7.67. The summed E-state index contributed by atoms with van der Waals surface area (Å²) in [6, 6.07) is 10.5. The van der Waals surface area contributed by atoms with Gasteiger partial charge >= 0.3 is 0 Å². The van der Waals surface area contributed by atoms with Crippen LogP contribution in [0.1, 0.15) is 46.3 Å². The average Bonchev–Trinajstić information content (AvgIpc) is 3.35. The van der Waals surface area contributed by atoms with Crippen LogP contribution in [-0.2, 0) is 11.3 Å². The molecule has 5 rings (SSSR count). The van der Waals surface area contributed by atoms with Gasteiger partial charge in [0, 0.05) is 47.9 Å². The summed E-state index contributed by atoms with van der Waals surface area (Å²) in [5, 5.41) is 6.88. The summed E-state index contributed by atoms with van der Waals surface area (Å²) < 4.78 is 12.4. The molecular weight excluding hydrogens is 384 g/mol. The third kappa shape index (κ3) is 3.50. The molecule has 8 nitrogen and oxygen atoms in total. The van der Waals surface area contributed by atoms with Crippen molar-refractivity contribution < 1.29 is 13.9 Å². The highest BCUT2D eigenvalue weighted by Gasteiger charge is 2.19. The van der Waals surface area contributed by atoms with Gasteiger partial charge in [-0.15, -0.1) is 0 Å². The Labute approximate surface area is 171 Å². The smallest absolute Gasteiger partial charge is 0.272 e. The van der Waals surface area contributed by atoms with Crippen molar-refractivity contribution in [2.75, 3.05) is 13.2 Å². The van der Waals surface area contributed by atoms with E-state index in [4.69, 9.17) is 9.15 Å². The van der Waals surface area contributed by atoms with Crippen molar-refractivity contribution >= 4 is 22.5 Å². The minimum atomic E-state index is -0.227. The van der Waals surface area contributed by atoms with Crippen molar-refractivity contribution in [1.82, 2.24) is 19.9 Å². The number of benzene rings is 1. The Bertz CT molecular complexity index is 1290. The summed E-state index contributed by atoms with van der Waals surface area (Å²) >= 11 is 0. The van der Waals surface area contributed by atoms with Crippen LogP contribution in [0.4, 0.5) is 0 Å². The highest BCUT2D eigenvalue weighted by molar-refractivity contribution is 5.97. The van der Waals surface area contributed by atoms with Gasteiger partial charge in [-0.2, -0.15) is 0 Å². The van der Waals surface area contributed by atoms with E-state index in [1.165, 1.54) is 10.6 Å². The van der Waals surface area contributed by atoms with Crippen LogP contribution in [0.15, 0.2) is 45.6 Å². The number of aromatic amines is 1. The molecule has 3 aromatic heterocycles. The van der Waals surface area contributed by atoms with Gasteiger partial charge in [-0.1, -0.05) is 0 Å². The molecule has 0 bridgehead atoms. The van der Waals surface area contributed by atoms with Crippen LogP contribution in [0.2, 0.25) is 0 Å². The number of furan rings is 1. The Morgan fingerprint density at radius 3 is 2.90 bits per heavy atom. The van der Waals surface area contributed by atoms with Gasteiger partial charge < -0.3 is 14.5 Å². The van der Waals surface area contributed by atoms with Gasteiger partial charge in [0.15, 0.2) is 5.65 Å². The first-order chi connectivity index (χ1) is 14.6. The molecule has 0 spiro atoms. The molecule has 2 N–H and O–H groups in total. The standard InChI is InChI=1S/C22H22N4O4/c1-13-8-16-9-15(2-3-19(16)30-13)22(28)23-12-17-10-21(27)26-20(24-17)11-18(25-26)14-4-6-29-7-5-14/h2-3,8-11,14,25H,4-7,12H2,1H3,(H,23,28). The Hall–Kier alpha value is -3.39. The van der Waals surface area contributed by atoms with E-state index in [-0.39, 0.29) is 18.0 Å². The predicted molar refractivity (Wildman–Crippen MR) is 111 cm³/mol. The van der Waals surface area contributed by atoms with E-state index < -0.39 is 0 Å². The van der Waals surface area contributed by atoms with Gasteiger partial charge in [0.05, 0.1) is 12.2 Å². The summed E-state index contributed by atoms with van der Waals surface area (Å²) in [5.41, 5.74) is 3.15. The van der Waals surface area contributed by atoms with Crippen LogP contribution in [0.5, 0.6) is 0 Å². The molecule has 1 saturated heterocycles. The molecule has 154 valence electrons. The minimum absolute atomic E-state index is 0.171. The molecule has 1 amide bonds. The van der Waals surface area contributed by atoms with E-state index in [9.17, 15) is 9.59 Å². The van der Waals surface area contributed by atoms with E-state index in [0.29, 0.717) is 22.8 Å². The molecule has 0 radical (unpaired) electrons. The highest BCUT2D eigenvalue weighted by atomic mass is 16.5. The van der Waals surface area contributed by atoms with Crippen molar-refractivity contribution in [3.05, 3.63) is 69.5 Å². The number of nitrogens with one attached hydrogen (secondary N) is 2. The number of fused-ring (bicyclic) bond motifs is 2. The van der Waals surface area contributed by atoms with Crippen LogP contribution < -0.4 is 10.9 Å². The molecule has 0 atom stereocenters. The zero-order valence-corrected chi connectivity index (χ0v) is 16.6. The van der Waals surface area contributed by atoms with E-state index >= 15 is 0 Å². The fraction of sp³-hybridized carbons (Fsp3) is 0.318. The van der Waals surface area contributed by atoms with Crippen LogP contribution >= 0.6 is 0 Å². The quantitative estimate of drug-likeness (QED) is 0.543. The molecule has 0 aliphatic carbocycles. The van der Waals surface area contributed by atoms with E-state index in [1.807, 2.05) is 19.1 Å². The lowest BCUT2D eigenvalue weighted by molar-refractivity contribution is 0.0844. The van der Waals surface area contributed by atoms with E-state index in [1.54, 1.807) is 18.2 Å². The number of carbonyl (C=O) groups excluding carboxylic acids is 1. The predicted octanol–water partition coefficient (Wildman–Crippen LogP) is 2.90. The fourth-order valence-corrected chi connectivity index (χ4v) is 3.96. The van der Waals surface area contributed by atoms with E-state index in [0.717, 1.165) is 48.5 Å². The Morgan fingerprint density at radius 2 is 2.07 bits per heavy atom. The maximum Gasteiger partial charge on any atom is 0.272 e. The lowest BCUT2D eigenvalue weighted by Gasteiger charge is -2.20. The van der Waals surface area contributed by atoms with Gasteiger partial charge in [-0.25, -0.2) is 9.50 Å². The highest BCUT2D eigenvalue weighted by Crippen LogP contribution is 2.26. The van der Waals surface area contributed by atoms with Crippen LogP contribution in [0.25, 0.3) is 16.6 Å². The molecule has 4 heterocycles. The number of rotatable bonds is 4. The van der Waals surface area contributed by atoms with Crippen LogP contribution in [-0.4, -0.2) is 33.7 Å². The topological polar surface area (TPSA) is 102 Å². The summed E-state index contributed by atoms with van der Waals surface area (Å²) in [6.07, 6.45) is 1.84. The number of nitrogens with zero attached hydrogens (tertiary/aromatic N) is 2. The van der Waals surface area contributed by atoms with Gasteiger partial charge in [0.25, 0.3) is 11.5 Å². The van der Waals surface area contributed by atoms with Crippen molar-refractivity contribution in [3.63, 3.8) is 0 Å².